The van der Waals surface area contributed by atoms with Gasteiger partial charge in [0.15, 0.2) is 0 Å². The minimum Gasteiger partial charge on any atom is -0.444 e. The molecule has 6 nitrogen and oxygen atoms in total. The molecule has 9 heteroatoms. The van der Waals surface area contributed by atoms with Gasteiger partial charge in [0.1, 0.15) is 5.60 Å². The van der Waals surface area contributed by atoms with Gasteiger partial charge in [-0.05, 0) is 46.8 Å². The van der Waals surface area contributed by atoms with E-state index < -0.39 is 17.3 Å². The number of piperazine rings is 1. The van der Waals surface area contributed by atoms with Crippen molar-refractivity contribution in [2.24, 2.45) is 0 Å². The van der Waals surface area contributed by atoms with Crippen molar-refractivity contribution in [3.8, 4) is 0 Å². The summed E-state index contributed by atoms with van der Waals surface area (Å²) >= 11 is 0. The van der Waals surface area contributed by atoms with Gasteiger partial charge >= 0.3 is 12.3 Å². The third-order valence-electron chi connectivity index (χ3n) is 4.84. The SMILES string of the molecule is COCC(c1ccc(C(F)(F)F)cn1)N1C[C@H](C)N(C(=O)OC(C)(C)C)C[C@H]1C. The molecule has 1 fully saturated rings. The first-order valence-electron chi connectivity index (χ1n) is 9.61. The molecule has 164 valence electrons. The number of methoxy groups -OCH3 is 1. The number of halogens is 3. The number of carbonyl (C=O) groups is 1. The number of amides is 1. The number of rotatable bonds is 4. The van der Waals surface area contributed by atoms with Gasteiger partial charge in [-0.25, -0.2) is 4.79 Å². The maximum atomic E-state index is 12.8. The fraction of sp³-hybridized carbons (Fsp3) is 0.700. The molecule has 1 aromatic heterocycles. The van der Waals surface area contributed by atoms with E-state index in [2.05, 4.69) is 9.88 Å². The second-order valence-electron chi connectivity index (χ2n) is 8.47. The predicted octanol–water partition coefficient (Wildman–Crippen LogP) is 4.12. The van der Waals surface area contributed by atoms with Crippen molar-refractivity contribution in [1.82, 2.24) is 14.8 Å². The lowest BCUT2D eigenvalue weighted by Crippen LogP contribution is -2.59. The van der Waals surface area contributed by atoms with Crippen molar-refractivity contribution >= 4 is 6.09 Å². The number of aromatic nitrogens is 1. The first kappa shape index (κ1) is 23.4. The Morgan fingerprint density at radius 2 is 1.86 bits per heavy atom. The Hall–Kier alpha value is -1.87. The maximum absolute atomic E-state index is 12.8. The highest BCUT2D eigenvalue weighted by atomic mass is 19.4. The quantitative estimate of drug-likeness (QED) is 0.738. The second-order valence-corrected chi connectivity index (χ2v) is 8.47. The second kappa shape index (κ2) is 8.87. The van der Waals surface area contributed by atoms with Crippen molar-refractivity contribution in [1.29, 1.82) is 0 Å². The molecule has 0 N–H and O–H groups in total. The molecule has 2 rings (SSSR count). The monoisotopic (exact) mass is 417 g/mol. The summed E-state index contributed by atoms with van der Waals surface area (Å²) < 4.78 is 49.4. The lowest BCUT2D eigenvalue weighted by molar-refractivity contribution is -0.137. The Labute approximate surface area is 170 Å². The van der Waals surface area contributed by atoms with Crippen molar-refractivity contribution in [3.05, 3.63) is 29.6 Å². The third kappa shape index (κ3) is 6.05. The van der Waals surface area contributed by atoms with Crippen LogP contribution in [-0.2, 0) is 15.7 Å². The zero-order valence-electron chi connectivity index (χ0n) is 17.8. The van der Waals surface area contributed by atoms with Gasteiger partial charge in [0.2, 0.25) is 0 Å². The highest BCUT2D eigenvalue weighted by molar-refractivity contribution is 5.68. The zero-order valence-corrected chi connectivity index (χ0v) is 17.8. The number of ether oxygens (including phenoxy) is 2. The van der Waals surface area contributed by atoms with E-state index in [0.717, 1.165) is 12.3 Å². The lowest BCUT2D eigenvalue weighted by Gasteiger charge is -2.47. The van der Waals surface area contributed by atoms with Gasteiger partial charge in [0.25, 0.3) is 0 Å². The molecule has 1 aliphatic heterocycles. The standard InChI is InChI=1S/C20H30F3N3O3/c1-13-11-26(18(27)29-19(3,4)5)14(2)10-25(13)17(12-28-6)16-8-7-15(9-24-16)20(21,22)23/h7-9,13-14,17H,10-12H2,1-6H3/t13-,14+,17?/m1/s1. The minimum absolute atomic E-state index is 0.0528. The van der Waals surface area contributed by atoms with Crippen LogP contribution in [0.1, 0.15) is 51.9 Å². The molecule has 0 aliphatic carbocycles. The van der Waals surface area contributed by atoms with Crippen LogP contribution in [0.25, 0.3) is 0 Å². The average Bonchev–Trinajstić information content (AvgIpc) is 2.59. The largest absolute Gasteiger partial charge is 0.444 e. The normalized spacial score (nSPS) is 22.4. The molecule has 1 aromatic rings. The number of hydrogen-bond acceptors (Lipinski definition) is 5. The van der Waals surface area contributed by atoms with Crippen LogP contribution in [0.5, 0.6) is 0 Å². The molecule has 3 atom stereocenters. The van der Waals surface area contributed by atoms with Crippen molar-refractivity contribution in [2.75, 3.05) is 26.8 Å². The molecule has 0 aromatic carbocycles. The maximum Gasteiger partial charge on any atom is 0.417 e. The van der Waals surface area contributed by atoms with Crippen molar-refractivity contribution in [3.63, 3.8) is 0 Å². The summed E-state index contributed by atoms with van der Waals surface area (Å²) in [6.07, 6.45) is -3.95. The molecular weight excluding hydrogens is 387 g/mol. The number of alkyl halides is 3. The van der Waals surface area contributed by atoms with Gasteiger partial charge in [-0.2, -0.15) is 13.2 Å². The van der Waals surface area contributed by atoms with Crippen LogP contribution >= 0.6 is 0 Å². The molecule has 1 aliphatic rings. The van der Waals surface area contributed by atoms with Crippen LogP contribution in [-0.4, -0.2) is 65.4 Å². The van der Waals surface area contributed by atoms with Crippen molar-refractivity contribution < 1.29 is 27.4 Å². The molecule has 0 saturated carbocycles. The number of nitrogens with zero attached hydrogens (tertiary/aromatic N) is 3. The molecule has 1 saturated heterocycles. The molecule has 0 bridgehead atoms. The van der Waals surface area contributed by atoms with Gasteiger partial charge in [-0.1, -0.05) is 0 Å². The number of pyridine rings is 1. The highest BCUT2D eigenvalue weighted by Gasteiger charge is 2.38. The predicted molar refractivity (Wildman–Crippen MR) is 102 cm³/mol. The van der Waals surface area contributed by atoms with Gasteiger partial charge in [-0.15, -0.1) is 0 Å². The van der Waals surface area contributed by atoms with Crippen LogP contribution in [0, 0.1) is 0 Å². The van der Waals surface area contributed by atoms with E-state index in [-0.39, 0.29) is 30.8 Å². The van der Waals surface area contributed by atoms with Crippen molar-refractivity contribution in [2.45, 2.75) is 64.5 Å². The molecular formula is C20H30F3N3O3. The molecule has 1 unspecified atom stereocenters. The summed E-state index contributed by atoms with van der Waals surface area (Å²) in [7, 11) is 1.54. The van der Waals surface area contributed by atoms with Gasteiger partial charge < -0.3 is 14.4 Å². The van der Waals surface area contributed by atoms with E-state index in [4.69, 9.17) is 9.47 Å². The van der Waals surface area contributed by atoms with Crippen LogP contribution in [0.3, 0.4) is 0 Å². The Bertz CT molecular complexity index is 689. The van der Waals surface area contributed by atoms with E-state index >= 15 is 0 Å². The molecule has 0 spiro atoms. The fourth-order valence-corrected chi connectivity index (χ4v) is 3.44. The van der Waals surface area contributed by atoms with Crippen LogP contribution < -0.4 is 0 Å². The minimum atomic E-state index is -4.43. The smallest absolute Gasteiger partial charge is 0.417 e. The lowest BCUT2D eigenvalue weighted by atomic mass is 10.0. The number of hydrogen-bond donors (Lipinski definition) is 0. The summed E-state index contributed by atoms with van der Waals surface area (Å²) in [6, 6.07) is 1.93. The molecule has 1 amide bonds. The van der Waals surface area contributed by atoms with Gasteiger partial charge in [0, 0.05) is 38.5 Å². The van der Waals surface area contributed by atoms with Crippen LogP contribution in [0.4, 0.5) is 18.0 Å². The summed E-state index contributed by atoms with van der Waals surface area (Å²) in [6.45, 7) is 10.6. The summed E-state index contributed by atoms with van der Waals surface area (Å²) in [4.78, 5) is 20.4. The van der Waals surface area contributed by atoms with Gasteiger partial charge in [-0.3, -0.25) is 9.88 Å². The fourth-order valence-electron chi connectivity index (χ4n) is 3.44. The topological polar surface area (TPSA) is 54.9 Å². The molecule has 2 heterocycles. The van der Waals surface area contributed by atoms with Crippen LogP contribution in [0.2, 0.25) is 0 Å². The first-order chi connectivity index (χ1) is 13.3. The summed E-state index contributed by atoms with van der Waals surface area (Å²) in [5, 5.41) is 0. The van der Waals surface area contributed by atoms with Crippen LogP contribution in [0.15, 0.2) is 18.3 Å². The van der Waals surface area contributed by atoms with E-state index in [1.807, 2.05) is 34.6 Å². The zero-order chi connectivity index (χ0) is 22.0. The van der Waals surface area contributed by atoms with E-state index in [9.17, 15) is 18.0 Å². The Morgan fingerprint density at radius 1 is 1.21 bits per heavy atom. The average molecular weight is 417 g/mol. The Balaban J connectivity index is 2.19. The third-order valence-corrected chi connectivity index (χ3v) is 4.84. The molecule has 0 radical (unpaired) electrons. The Kier molecular flexibility index (Phi) is 7.16. The Morgan fingerprint density at radius 3 is 2.34 bits per heavy atom. The highest BCUT2D eigenvalue weighted by Crippen LogP contribution is 2.31. The van der Waals surface area contributed by atoms with E-state index in [1.54, 1.807) is 12.0 Å². The van der Waals surface area contributed by atoms with E-state index in [0.29, 0.717) is 18.8 Å². The molecule has 29 heavy (non-hydrogen) atoms. The van der Waals surface area contributed by atoms with E-state index in [1.165, 1.54) is 6.07 Å². The number of carbonyl (C=O) groups excluding carboxylic acids is 1. The first-order valence-corrected chi connectivity index (χ1v) is 9.61. The van der Waals surface area contributed by atoms with Gasteiger partial charge in [0.05, 0.1) is 23.9 Å². The summed E-state index contributed by atoms with van der Waals surface area (Å²) in [5.74, 6) is 0. The summed E-state index contributed by atoms with van der Waals surface area (Å²) in [5.41, 5.74) is -0.863.